The molecule has 1 saturated heterocycles. The first-order valence-electron chi connectivity index (χ1n) is 10.7. The molecule has 30 heavy (non-hydrogen) atoms. The van der Waals surface area contributed by atoms with Crippen LogP contribution in [0.4, 0.5) is 0 Å². The SMILES string of the molecule is Cc1ncc2c(n1)C1(CCCN(C(=O)CCc3c(C)nc4ncnn4c3C)C1)CC2. The number of aryl methyl sites for hydroxylation is 4. The van der Waals surface area contributed by atoms with Gasteiger partial charge in [-0.05, 0) is 64.0 Å². The monoisotopic (exact) mass is 405 g/mol. The van der Waals surface area contributed by atoms with Gasteiger partial charge in [-0.25, -0.2) is 19.5 Å². The zero-order chi connectivity index (χ0) is 20.9. The molecule has 1 aliphatic heterocycles. The lowest BCUT2D eigenvalue weighted by molar-refractivity contribution is -0.133. The summed E-state index contributed by atoms with van der Waals surface area (Å²) in [7, 11) is 0. The molecule has 4 heterocycles. The summed E-state index contributed by atoms with van der Waals surface area (Å²) in [6.45, 7) is 7.55. The zero-order valence-electron chi connectivity index (χ0n) is 17.9. The van der Waals surface area contributed by atoms with E-state index in [1.807, 2.05) is 27.0 Å². The van der Waals surface area contributed by atoms with Crippen LogP contribution in [-0.4, -0.2) is 53.4 Å². The van der Waals surface area contributed by atoms with Crippen LogP contribution in [0.25, 0.3) is 5.78 Å². The van der Waals surface area contributed by atoms with E-state index in [1.165, 1.54) is 17.6 Å². The minimum atomic E-state index is 0.00394. The number of hydrogen-bond donors (Lipinski definition) is 0. The lowest BCUT2D eigenvalue weighted by atomic mass is 9.77. The van der Waals surface area contributed by atoms with Gasteiger partial charge in [-0.15, -0.1) is 0 Å². The van der Waals surface area contributed by atoms with E-state index in [0.717, 1.165) is 61.5 Å². The Morgan fingerprint density at radius 3 is 2.90 bits per heavy atom. The highest BCUT2D eigenvalue weighted by molar-refractivity contribution is 5.77. The van der Waals surface area contributed by atoms with Gasteiger partial charge in [0.15, 0.2) is 0 Å². The van der Waals surface area contributed by atoms with Crippen LogP contribution in [0.5, 0.6) is 0 Å². The number of rotatable bonds is 3. The van der Waals surface area contributed by atoms with Crippen molar-refractivity contribution in [1.82, 2.24) is 34.4 Å². The Kier molecular flexibility index (Phi) is 4.52. The van der Waals surface area contributed by atoms with Crippen molar-refractivity contribution in [1.29, 1.82) is 0 Å². The first-order valence-corrected chi connectivity index (χ1v) is 10.7. The Morgan fingerprint density at radius 1 is 1.17 bits per heavy atom. The topological polar surface area (TPSA) is 89.2 Å². The molecule has 8 nitrogen and oxygen atoms in total. The molecule has 1 amide bonds. The average Bonchev–Trinajstić information content (AvgIpc) is 3.33. The lowest BCUT2D eigenvalue weighted by Gasteiger charge is -2.40. The molecule has 3 aromatic heterocycles. The summed E-state index contributed by atoms with van der Waals surface area (Å²) >= 11 is 0. The molecule has 5 rings (SSSR count). The highest BCUT2D eigenvalue weighted by Gasteiger charge is 2.44. The molecule has 2 aliphatic rings. The Bertz CT molecular complexity index is 1130. The van der Waals surface area contributed by atoms with Gasteiger partial charge in [0.25, 0.3) is 5.78 Å². The predicted molar refractivity (Wildman–Crippen MR) is 111 cm³/mol. The maximum atomic E-state index is 13.2. The molecule has 1 unspecified atom stereocenters. The number of likely N-dealkylation sites (tertiary alicyclic amines) is 1. The lowest BCUT2D eigenvalue weighted by Crippen LogP contribution is -2.48. The fraction of sp³-hybridized carbons (Fsp3) is 0.545. The van der Waals surface area contributed by atoms with Gasteiger partial charge < -0.3 is 4.90 Å². The Hall–Kier alpha value is -2.90. The Labute approximate surface area is 175 Å². The van der Waals surface area contributed by atoms with Crippen LogP contribution in [-0.2, 0) is 23.1 Å². The Morgan fingerprint density at radius 2 is 2.03 bits per heavy atom. The summed E-state index contributed by atoms with van der Waals surface area (Å²) in [5.41, 5.74) is 5.46. The molecule has 0 bridgehead atoms. The van der Waals surface area contributed by atoms with Crippen LogP contribution >= 0.6 is 0 Å². The smallest absolute Gasteiger partial charge is 0.252 e. The number of nitrogens with zero attached hydrogens (tertiary/aromatic N) is 7. The number of fused-ring (bicyclic) bond motifs is 3. The fourth-order valence-corrected chi connectivity index (χ4v) is 5.28. The van der Waals surface area contributed by atoms with E-state index < -0.39 is 0 Å². The van der Waals surface area contributed by atoms with Gasteiger partial charge in [-0.2, -0.15) is 10.1 Å². The molecule has 0 N–H and O–H groups in total. The second-order valence-electron chi connectivity index (χ2n) is 8.72. The van der Waals surface area contributed by atoms with E-state index in [-0.39, 0.29) is 11.3 Å². The predicted octanol–water partition coefficient (Wildman–Crippen LogP) is 2.28. The fourth-order valence-electron chi connectivity index (χ4n) is 5.28. The third-order valence-electron chi connectivity index (χ3n) is 6.87. The molecule has 8 heteroatoms. The molecule has 1 atom stereocenters. The second-order valence-corrected chi connectivity index (χ2v) is 8.72. The molecule has 0 saturated carbocycles. The molecular weight excluding hydrogens is 378 g/mol. The third kappa shape index (κ3) is 3.05. The van der Waals surface area contributed by atoms with Crippen LogP contribution in [0.15, 0.2) is 12.5 Å². The molecule has 1 fully saturated rings. The van der Waals surface area contributed by atoms with E-state index in [4.69, 9.17) is 4.98 Å². The van der Waals surface area contributed by atoms with Crippen LogP contribution in [0.2, 0.25) is 0 Å². The van der Waals surface area contributed by atoms with Crippen LogP contribution in [0.1, 0.15) is 59.7 Å². The Balaban J connectivity index is 1.33. The van der Waals surface area contributed by atoms with E-state index in [9.17, 15) is 4.79 Å². The number of hydrogen-bond acceptors (Lipinski definition) is 6. The minimum Gasteiger partial charge on any atom is -0.342 e. The quantitative estimate of drug-likeness (QED) is 0.664. The summed E-state index contributed by atoms with van der Waals surface area (Å²) in [5, 5.41) is 4.25. The summed E-state index contributed by atoms with van der Waals surface area (Å²) < 4.78 is 1.75. The summed E-state index contributed by atoms with van der Waals surface area (Å²) in [6.07, 6.45) is 8.85. The van der Waals surface area contributed by atoms with Crippen molar-refractivity contribution in [2.75, 3.05) is 13.1 Å². The molecular formula is C22H27N7O. The van der Waals surface area contributed by atoms with Crippen molar-refractivity contribution < 1.29 is 4.79 Å². The minimum absolute atomic E-state index is 0.00394. The van der Waals surface area contributed by atoms with E-state index in [2.05, 4.69) is 25.0 Å². The van der Waals surface area contributed by atoms with Crippen LogP contribution < -0.4 is 0 Å². The molecule has 156 valence electrons. The largest absolute Gasteiger partial charge is 0.342 e. The molecule has 3 aromatic rings. The van der Waals surface area contributed by atoms with Gasteiger partial charge in [0.1, 0.15) is 12.2 Å². The van der Waals surface area contributed by atoms with Gasteiger partial charge in [0, 0.05) is 42.5 Å². The summed E-state index contributed by atoms with van der Waals surface area (Å²) in [4.78, 5) is 33.1. The number of carbonyl (C=O) groups excluding carboxylic acids is 1. The van der Waals surface area contributed by atoms with Gasteiger partial charge >= 0.3 is 0 Å². The van der Waals surface area contributed by atoms with Crippen molar-refractivity contribution in [3.8, 4) is 0 Å². The van der Waals surface area contributed by atoms with E-state index in [1.54, 1.807) is 4.52 Å². The van der Waals surface area contributed by atoms with Gasteiger partial charge in [0.2, 0.25) is 5.91 Å². The highest BCUT2D eigenvalue weighted by Crippen LogP contribution is 2.43. The first kappa shape index (κ1) is 19.1. The van der Waals surface area contributed by atoms with Gasteiger partial charge in [-0.1, -0.05) is 0 Å². The van der Waals surface area contributed by atoms with Crippen molar-refractivity contribution in [2.24, 2.45) is 0 Å². The molecule has 0 radical (unpaired) electrons. The van der Waals surface area contributed by atoms with Gasteiger partial charge in [0.05, 0.1) is 5.69 Å². The average molecular weight is 406 g/mol. The van der Waals surface area contributed by atoms with Gasteiger partial charge in [-0.3, -0.25) is 4.79 Å². The molecule has 0 aromatic carbocycles. The second kappa shape index (κ2) is 7.11. The van der Waals surface area contributed by atoms with Crippen LogP contribution in [0, 0.1) is 20.8 Å². The molecule has 1 spiro atoms. The number of amides is 1. The standard InChI is InChI=1S/C22H27N7O/c1-14-18(15(2)29-21(26-14)24-13-25-29)5-6-19(30)28-10-4-8-22(12-28)9-7-17-11-23-16(3)27-20(17)22/h11,13H,4-10,12H2,1-3H3. The van der Waals surface area contributed by atoms with Crippen molar-refractivity contribution in [3.63, 3.8) is 0 Å². The van der Waals surface area contributed by atoms with E-state index in [0.29, 0.717) is 18.6 Å². The normalized spacial score (nSPS) is 20.8. The third-order valence-corrected chi connectivity index (χ3v) is 6.87. The van der Waals surface area contributed by atoms with E-state index >= 15 is 0 Å². The zero-order valence-corrected chi connectivity index (χ0v) is 17.9. The highest BCUT2D eigenvalue weighted by atomic mass is 16.2. The number of aromatic nitrogens is 6. The first-order chi connectivity index (χ1) is 14.5. The number of piperidine rings is 1. The summed E-state index contributed by atoms with van der Waals surface area (Å²) in [5.74, 6) is 1.64. The maximum absolute atomic E-state index is 13.2. The van der Waals surface area contributed by atoms with Crippen molar-refractivity contribution in [3.05, 3.63) is 46.6 Å². The molecule has 1 aliphatic carbocycles. The number of carbonyl (C=O) groups is 1. The van der Waals surface area contributed by atoms with Crippen molar-refractivity contribution in [2.45, 2.75) is 64.7 Å². The van der Waals surface area contributed by atoms with Crippen LogP contribution in [0.3, 0.4) is 0 Å². The maximum Gasteiger partial charge on any atom is 0.252 e. The summed E-state index contributed by atoms with van der Waals surface area (Å²) in [6, 6.07) is 0. The van der Waals surface area contributed by atoms with Crippen molar-refractivity contribution >= 4 is 11.7 Å².